The summed E-state index contributed by atoms with van der Waals surface area (Å²) in [5.41, 5.74) is 4.88. The summed E-state index contributed by atoms with van der Waals surface area (Å²) >= 11 is 6.54. The van der Waals surface area contributed by atoms with Crippen LogP contribution in [0, 0.1) is 5.82 Å². The second kappa shape index (κ2) is 5.88. The first-order valence-corrected chi connectivity index (χ1v) is 8.07. The third-order valence-electron chi connectivity index (χ3n) is 2.44. The Hall–Kier alpha value is -1.84. The molecule has 2 rings (SSSR count). The topological polar surface area (TPSA) is 105 Å². The van der Waals surface area contributed by atoms with Crippen molar-refractivity contribution in [3.05, 3.63) is 46.0 Å². The number of nitrogens with zero attached hydrogens (tertiary/aromatic N) is 1. The van der Waals surface area contributed by atoms with Crippen LogP contribution < -0.4 is 10.5 Å². The Balaban J connectivity index is 2.47. The van der Waals surface area contributed by atoms with E-state index in [2.05, 4.69) is 9.88 Å². The van der Waals surface area contributed by atoms with Crippen LogP contribution in [-0.2, 0) is 10.0 Å². The van der Waals surface area contributed by atoms with Gasteiger partial charge in [-0.2, -0.15) is 0 Å². The zero-order valence-corrected chi connectivity index (χ0v) is 12.6. The molecule has 2 aromatic rings. The van der Waals surface area contributed by atoms with Crippen LogP contribution in [0.25, 0.3) is 0 Å². The highest BCUT2D eigenvalue weighted by Gasteiger charge is 2.21. The number of oxime groups is 1. The number of nitrogens with one attached hydrogen (secondary N) is 1. The highest BCUT2D eigenvalue weighted by Crippen LogP contribution is 2.28. The fraction of sp³-hybridized carbons (Fsp3) is 0. The summed E-state index contributed by atoms with van der Waals surface area (Å²) in [6.45, 7) is 0. The van der Waals surface area contributed by atoms with Crippen LogP contribution in [0.1, 0.15) is 5.56 Å². The van der Waals surface area contributed by atoms with Gasteiger partial charge in [0.25, 0.3) is 10.0 Å². The first-order valence-electron chi connectivity index (χ1n) is 5.39. The van der Waals surface area contributed by atoms with Crippen LogP contribution in [0.3, 0.4) is 0 Å². The molecule has 0 aliphatic rings. The maximum atomic E-state index is 13.7. The molecule has 0 amide bonds. The van der Waals surface area contributed by atoms with Gasteiger partial charge < -0.3 is 10.9 Å². The summed E-state index contributed by atoms with van der Waals surface area (Å²) in [4.78, 5) is 0. The van der Waals surface area contributed by atoms with Crippen molar-refractivity contribution in [2.45, 2.75) is 4.21 Å². The maximum absolute atomic E-state index is 13.7. The molecular weight excluding hydrogens is 341 g/mol. The lowest BCUT2D eigenvalue weighted by Gasteiger charge is -2.11. The molecule has 0 aliphatic heterocycles. The van der Waals surface area contributed by atoms with Gasteiger partial charge in [-0.05, 0) is 24.3 Å². The van der Waals surface area contributed by atoms with Crippen LogP contribution in [0.5, 0.6) is 0 Å². The Morgan fingerprint density at radius 3 is 2.67 bits per heavy atom. The molecule has 0 aliphatic carbocycles. The molecule has 1 heterocycles. The molecule has 112 valence electrons. The van der Waals surface area contributed by atoms with Gasteiger partial charge in [0.2, 0.25) is 0 Å². The van der Waals surface area contributed by atoms with Gasteiger partial charge in [0.05, 0.1) is 15.6 Å². The summed E-state index contributed by atoms with van der Waals surface area (Å²) in [6.07, 6.45) is 0. The van der Waals surface area contributed by atoms with Gasteiger partial charge in [0, 0.05) is 0 Å². The van der Waals surface area contributed by atoms with E-state index >= 15 is 0 Å². The zero-order valence-electron chi connectivity index (χ0n) is 10.2. The van der Waals surface area contributed by atoms with Crippen LogP contribution >= 0.6 is 22.9 Å². The van der Waals surface area contributed by atoms with E-state index in [1.165, 1.54) is 24.3 Å². The molecule has 21 heavy (non-hydrogen) atoms. The minimum absolute atomic E-state index is 0.0396. The lowest BCUT2D eigenvalue weighted by atomic mass is 10.1. The first kappa shape index (κ1) is 15.5. The molecule has 1 aromatic carbocycles. The SMILES string of the molecule is N/C(=N/O)c1c(F)cccc1NS(=O)(=O)c1ccc(Cl)s1. The summed E-state index contributed by atoms with van der Waals surface area (Å²) in [7, 11) is -3.95. The normalized spacial score (nSPS) is 12.4. The molecule has 6 nitrogen and oxygen atoms in total. The first-order chi connectivity index (χ1) is 9.85. The highest BCUT2D eigenvalue weighted by atomic mass is 35.5. The molecule has 0 fully saturated rings. The Labute approximate surface area is 128 Å². The molecule has 1 aromatic heterocycles. The maximum Gasteiger partial charge on any atom is 0.271 e. The lowest BCUT2D eigenvalue weighted by molar-refractivity contribution is 0.318. The summed E-state index contributed by atoms with van der Waals surface area (Å²) in [6, 6.07) is 6.40. The van der Waals surface area contributed by atoms with Crippen molar-refractivity contribution >= 4 is 44.5 Å². The predicted molar refractivity (Wildman–Crippen MR) is 79.0 cm³/mol. The number of halogens is 2. The molecule has 0 spiro atoms. The number of amidine groups is 1. The van der Waals surface area contributed by atoms with Gasteiger partial charge in [-0.1, -0.05) is 22.8 Å². The Morgan fingerprint density at radius 2 is 2.10 bits per heavy atom. The average Bonchev–Trinajstić information content (AvgIpc) is 2.85. The smallest absolute Gasteiger partial charge is 0.271 e. The van der Waals surface area contributed by atoms with E-state index in [1.807, 2.05) is 0 Å². The van der Waals surface area contributed by atoms with Crippen molar-refractivity contribution in [3.8, 4) is 0 Å². The summed E-state index contributed by atoms with van der Waals surface area (Å²) < 4.78 is 40.5. The van der Waals surface area contributed by atoms with Crippen LogP contribution in [0.4, 0.5) is 10.1 Å². The summed E-state index contributed by atoms with van der Waals surface area (Å²) in [5.74, 6) is -1.37. The largest absolute Gasteiger partial charge is 0.409 e. The van der Waals surface area contributed by atoms with E-state index in [9.17, 15) is 12.8 Å². The van der Waals surface area contributed by atoms with E-state index in [0.29, 0.717) is 4.34 Å². The minimum Gasteiger partial charge on any atom is -0.409 e. The second-order valence-electron chi connectivity index (χ2n) is 3.81. The van der Waals surface area contributed by atoms with Gasteiger partial charge in [-0.15, -0.1) is 11.3 Å². The van der Waals surface area contributed by atoms with Crippen molar-refractivity contribution in [1.82, 2.24) is 0 Å². The lowest BCUT2D eigenvalue weighted by Crippen LogP contribution is -2.20. The molecule has 0 saturated heterocycles. The van der Waals surface area contributed by atoms with Gasteiger partial charge in [0.1, 0.15) is 10.0 Å². The molecule has 0 atom stereocenters. The van der Waals surface area contributed by atoms with Crippen LogP contribution in [-0.4, -0.2) is 19.5 Å². The van der Waals surface area contributed by atoms with E-state index < -0.39 is 21.7 Å². The van der Waals surface area contributed by atoms with Crippen LogP contribution in [0.15, 0.2) is 39.7 Å². The standard InChI is InChI=1S/C11H9ClFN3O3S2/c12-8-4-5-9(20-8)21(18,19)16-7-3-1-2-6(13)10(7)11(14)15-17/h1-5,16-17H,(H2,14,15). The molecule has 0 radical (unpaired) electrons. The number of benzene rings is 1. The molecule has 0 unspecified atom stereocenters. The number of rotatable bonds is 4. The van der Waals surface area contributed by atoms with Crippen molar-refractivity contribution in [3.63, 3.8) is 0 Å². The van der Waals surface area contributed by atoms with Gasteiger partial charge in [0.15, 0.2) is 5.84 Å². The quantitative estimate of drug-likeness (QED) is 0.341. The number of thiophene rings is 1. The van der Waals surface area contributed by atoms with Crippen molar-refractivity contribution in [2.24, 2.45) is 10.9 Å². The zero-order chi connectivity index (χ0) is 15.6. The molecule has 4 N–H and O–H groups in total. The molecular formula is C11H9ClFN3O3S2. The second-order valence-corrected chi connectivity index (χ2v) is 7.44. The fourth-order valence-electron chi connectivity index (χ4n) is 1.56. The summed E-state index contributed by atoms with van der Waals surface area (Å²) in [5, 5.41) is 11.3. The van der Waals surface area contributed by atoms with Gasteiger partial charge in [-0.25, -0.2) is 12.8 Å². The molecule has 0 bridgehead atoms. The number of anilines is 1. The monoisotopic (exact) mass is 349 g/mol. The predicted octanol–water partition coefficient (Wildman–Crippen LogP) is 2.44. The van der Waals surface area contributed by atoms with Gasteiger partial charge >= 0.3 is 0 Å². The van der Waals surface area contributed by atoms with Crippen molar-refractivity contribution < 1.29 is 18.0 Å². The average molecular weight is 350 g/mol. The van der Waals surface area contributed by atoms with Crippen LogP contribution in [0.2, 0.25) is 4.34 Å². The van der Waals surface area contributed by atoms with E-state index in [4.69, 9.17) is 22.5 Å². The third-order valence-corrected chi connectivity index (χ3v) is 5.52. The number of hydrogen-bond acceptors (Lipinski definition) is 5. The fourth-order valence-corrected chi connectivity index (χ4v) is 4.11. The van der Waals surface area contributed by atoms with E-state index in [1.54, 1.807) is 0 Å². The third kappa shape index (κ3) is 3.26. The minimum atomic E-state index is -3.95. The number of hydrogen-bond donors (Lipinski definition) is 3. The van der Waals surface area contributed by atoms with E-state index in [-0.39, 0.29) is 15.5 Å². The Kier molecular flexibility index (Phi) is 4.35. The Bertz CT molecular complexity index is 805. The number of nitrogens with two attached hydrogens (primary N) is 1. The molecule has 10 heteroatoms. The Morgan fingerprint density at radius 1 is 1.38 bits per heavy atom. The van der Waals surface area contributed by atoms with E-state index in [0.717, 1.165) is 17.4 Å². The van der Waals surface area contributed by atoms with Gasteiger partial charge in [-0.3, -0.25) is 4.72 Å². The molecule has 0 saturated carbocycles. The van der Waals surface area contributed by atoms with Crippen molar-refractivity contribution in [1.29, 1.82) is 0 Å². The highest BCUT2D eigenvalue weighted by molar-refractivity contribution is 7.94. The van der Waals surface area contributed by atoms with Crippen molar-refractivity contribution in [2.75, 3.05) is 4.72 Å². The number of sulfonamides is 1.